The largest absolute Gasteiger partial charge is 0.494 e. The van der Waals surface area contributed by atoms with Crippen molar-refractivity contribution in [3.63, 3.8) is 0 Å². The highest BCUT2D eigenvalue weighted by Gasteiger charge is 2.41. The van der Waals surface area contributed by atoms with Gasteiger partial charge in [0, 0.05) is 31.9 Å². The molecule has 1 saturated heterocycles. The number of methoxy groups -OCH3 is 1. The summed E-state index contributed by atoms with van der Waals surface area (Å²) in [4.78, 5) is 25.8. The lowest BCUT2D eigenvalue weighted by molar-refractivity contribution is -0.119. The predicted molar refractivity (Wildman–Crippen MR) is 122 cm³/mol. The quantitative estimate of drug-likeness (QED) is 0.617. The van der Waals surface area contributed by atoms with Crippen molar-refractivity contribution < 1.29 is 13.9 Å². The third kappa shape index (κ3) is 3.85. The maximum Gasteiger partial charge on any atom is 0.249 e. The van der Waals surface area contributed by atoms with Crippen molar-refractivity contribution in [3.8, 4) is 5.75 Å². The molecule has 172 valence electrons. The third-order valence-corrected chi connectivity index (χ3v) is 6.21. The van der Waals surface area contributed by atoms with E-state index in [-0.39, 0.29) is 23.5 Å². The number of likely N-dealkylation sites (N-methyl/N-ethyl adjacent to an activating group) is 1. The molecular formula is C23H26FN7O2. The SMILES string of the molecule is COc1cc(Cn2cc(CNc3nc(C)c4c(n3)N3CCC[C@H]3C(=O)N4C)cn2)ccc1F. The van der Waals surface area contributed by atoms with Crippen LogP contribution in [-0.2, 0) is 17.9 Å². The van der Waals surface area contributed by atoms with Crippen molar-refractivity contribution in [2.24, 2.45) is 0 Å². The number of anilines is 3. The van der Waals surface area contributed by atoms with Crippen LogP contribution in [0.4, 0.5) is 21.8 Å². The summed E-state index contributed by atoms with van der Waals surface area (Å²) in [6.07, 6.45) is 5.54. The Bertz CT molecular complexity index is 1210. The molecule has 1 amide bonds. The zero-order valence-corrected chi connectivity index (χ0v) is 18.9. The lowest BCUT2D eigenvalue weighted by Crippen LogP contribution is -2.49. The van der Waals surface area contributed by atoms with Crippen molar-refractivity contribution in [1.82, 2.24) is 19.7 Å². The fourth-order valence-electron chi connectivity index (χ4n) is 4.59. The Morgan fingerprint density at radius 2 is 2.12 bits per heavy atom. The van der Waals surface area contributed by atoms with Crippen LogP contribution in [0.1, 0.15) is 29.7 Å². The van der Waals surface area contributed by atoms with Crippen LogP contribution in [-0.4, -0.2) is 52.4 Å². The number of hydrogen-bond donors (Lipinski definition) is 1. The van der Waals surface area contributed by atoms with Gasteiger partial charge in [-0.25, -0.2) is 9.37 Å². The molecule has 2 aliphatic heterocycles. The summed E-state index contributed by atoms with van der Waals surface area (Å²) in [6.45, 7) is 3.74. The number of nitrogens with zero attached hydrogens (tertiary/aromatic N) is 6. The topological polar surface area (TPSA) is 88.4 Å². The number of nitrogens with one attached hydrogen (secondary N) is 1. The van der Waals surface area contributed by atoms with Crippen LogP contribution in [0.5, 0.6) is 5.75 Å². The summed E-state index contributed by atoms with van der Waals surface area (Å²) in [7, 11) is 3.25. The number of halogens is 1. The zero-order valence-electron chi connectivity index (χ0n) is 18.9. The first-order valence-electron chi connectivity index (χ1n) is 10.9. The van der Waals surface area contributed by atoms with Crippen LogP contribution in [0.25, 0.3) is 0 Å². The number of hydrogen-bond acceptors (Lipinski definition) is 7. The Morgan fingerprint density at radius 3 is 2.94 bits per heavy atom. The second kappa shape index (κ2) is 8.34. The molecule has 0 saturated carbocycles. The molecule has 0 radical (unpaired) electrons. The van der Waals surface area contributed by atoms with E-state index in [4.69, 9.17) is 9.72 Å². The normalized spacial score (nSPS) is 17.2. The average Bonchev–Trinajstić information content (AvgIpc) is 3.47. The summed E-state index contributed by atoms with van der Waals surface area (Å²) in [5.74, 6) is 1.28. The minimum absolute atomic E-state index is 0.110. The monoisotopic (exact) mass is 451 g/mol. The second-order valence-corrected chi connectivity index (χ2v) is 8.42. The molecule has 33 heavy (non-hydrogen) atoms. The molecule has 10 heteroatoms. The molecule has 9 nitrogen and oxygen atoms in total. The van der Waals surface area contributed by atoms with Crippen molar-refractivity contribution in [3.05, 3.63) is 53.2 Å². The molecule has 0 bridgehead atoms. The minimum atomic E-state index is -0.386. The first-order chi connectivity index (χ1) is 15.9. The van der Waals surface area contributed by atoms with Gasteiger partial charge in [0.1, 0.15) is 11.7 Å². The van der Waals surface area contributed by atoms with E-state index in [0.717, 1.165) is 47.7 Å². The van der Waals surface area contributed by atoms with Gasteiger partial charge in [0.15, 0.2) is 17.4 Å². The molecule has 2 aliphatic rings. The van der Waals surface area contributed by atoms with E-state index in [9.17, 15) is 9.18 Å². The average molecular weight is 452 g/mol. The van der Waals surface area contributed by atoms with Gasteiger partial charge in [-0.2, -0.15) is 10.1 Å². The van der Waals surface area contributed by atoms with E-state index in [1.807, 2.05) is 13.1 Å². The van der Waals surface area contributed by atoms with Gasteiger partial charge in [-0.3, -0.25) is 9.48 Å². The van der Waals surface area contributed by atoms with Crippen LogP contribution < -0.4 is 19.9 Å². The van der Waals surface area contributed by atoms with E-state index < -0.39 is 0 Å². The predicted octanol–water partition coefficient (Wildman–Crippen LogP) is 2.73. The molecule has 0 aliphatic carbocycles. The molecule has 0 spiro atoms. The van der Waals surface area contributed by atoms with Gasteiger partial charge >= 0.3 is 0 Å². The van der Waals surface area contributed by atoms with Crippen molar-refractivity contribution in [1.29, 1.82) is 0 Å². The minimum Gasteiger partial charge on any atom is -0.494 e. The summed E-state index contributed by atoms with van der Waals surface area (Å²) >= 11 is 0. The van der Waals surface area contributed by atoms with E-state index in [2.05, 4.69) is 20.3 Å². The van der Waals surface area contributed by atoms with Crippen molar-refractivity contribution in [2.45, 2.75) is 38.9 Å². The van der Waals surface area contributed by atoms with Crippen molar-refractivity contribution >= 4 is 23.4 Å². The lowest BCUT2D eigenvalue weighted by Gasteiger charge is -2.37. The third-order valence-electron chi connectivity index (χ3n) is 6.21. The second-order valence-electron chi connectivity index (χ2n) is 8.42. The van der Waals surface area contributed by atoms with Gasteiger partial charge in [-0.05, 0) is 37.5 Å². The van der Waals surface area contributed by atoms with Crippen LogP contribution in [0.3, 0.4) is 0 Å². The maximum atomic E-state index is 13.6. The van der Waals surface area contributed by atoms with Gasteiger partial charge in [0.2, 0.25) is 11.9 Å². The molecule has 3 aromatic rings. The van der Waals surface area contributed by atoms with E-state index >= 15 is 0 Å². The van der Waals surface area contributed by atoms with Crippen LogP contribution >= 0.6 is 0 Å². The van der Waals surface area contributed by atoms with E-state index in [1.165, 1.54) is 13.2 Å². The van der Waals surface area contributed by atoms with Gasteiger partial charge in [-0.1, -0.05) is 6.07 Å². The molecule has 0 unspecified atom stereocenters. The summed E-state index contributed by atoms with van der Waals surface area (Å²) in [6, 6.07) is 4.65. The number of amides is 1. The van der Waals surface area contributed by atoms with Crippen molar-refractivity contribution in [2.75, 3.05) is 35.8 Å². The summed E-state index contributed by atoms with van der Waals surface area (Å²) in [5.41, 5.74) is 3.41. The summed E-state index contributed by atoms with van der Waals surface area (Å²) < 4.78 is 20.5. The number of fused-ring (bicyclic) bond motifs is 3. The van der Waals surface area contributed by atoms with Gasteiger partial charge < -0.3 is 19.9 Å². The van der Waals surface area contributed by atoms with Crippen LogP contribution in [0.2, 0.25) is 0 Å². The number of carbonyl (C=O) groups excluding carboxylic acids is 1. The Labute approximate surface area is 191 Å². The van der Waals surface area contributed by atoms with Crippen LogP contribution in [0.15, 0.2) is 30.6 Å². The number of aromatic nitrogens is 4. The Morgan fingerprint density at radius 1 is 1.27 bits per heavy atom. The molecule has 4 heterocycles. The lowest BCUT2D eigenvalue weighted by atomic mass is 10.1. The van der Waals surface area contributed by atoms with E-state index in [0.29, 0.717) is 19.0 Å². The number of ether oxygens (including phenoxy) is 1. The molecular weight excluding hydrogens is 425 g/mol. The Kier molecular flexibility index (Phi) is 5.35. The fraction of sp³-hybridized carbons (Fsp3) is 0.391. The Balaban J connectivity index is 1.30. The number of carbonyl (C=O) groups is 1. The van der Waals surface area contributed by atoms with Gasteiger partial charge in [0.25, 0.3) is 0 Å². The highest BCUT2D eigenvalue weighted by Crippen LogP contribution is 2.40. The highest BCUT2D eigenvalue weighted by molar-refractivity contribution is 6.05. The first kappa shape index (κ1) is 21.2. The first-order valence-corrected chi connectivity index (χ1v) is 10.9. The molecule has 1 atom stereocenters. The molecule has 1 N–H and O–H groups in total. The molecule has 1 fully saturated rings. The summed E-state index contributed by atoms with van der Waals surface area (Å²) in [5, 5.41) is 7.69. The zero-order chi connectivity index (χ0) is 23.1. The molecule has 5 rings (SSSR count). The highest BCUT2D eigenvalue weighted by atomic mass is 19.1. The van der Waals surface area contributed by atoms with Gasteiger partial charge in [0.05, 0.1) is 25.5 Å². The van der Waals surface area contributed by atoms with Gasteiger partial charge in [-0.15, -0.1) is 0 Å². The number of benzene rings is 1. The standard InChI is InChI=1S/C23H26FN7O2/c1-14-20-21(31-8-4-5-18(31)22(32)29(20)2)28-23(27-14)25-10-16-11-26-30(13-16)12-15-6-7-17(24)19(9-15)33-3/h6-7,9,11,13,18H,4-5,8,10,12H2,1-3H3,(H,25,27,28)/t18-/m0/s1. The number of aryl methyl sites for hydroxylation is 1. The van der Waals surface area contributed by atoms with E-state index in [1.54, 1.807) is 35.0 Å². The number of rotatable bonds is 6. The fourth-order valence-corrected chi connectivity index (χ4v) is 4.59. The molecule has 2 aromatic heterocycles. The molecule has 1 aromatic carbocycles. The Hall–Kier alpha value is -3.69. The smallest absolute Gasteiger partial charge is 0.249 e. The van der Waals surface area contributed by atoms with Crippen LogP contribution in [0, 0.1) is 12.7 Å². The maximum absolute atomic E-state index is 13.6.